The molecule has 336 valence electrons. The van der Waals surface area contributed by atoms with Crippen LogP contribution in [-0.4, -0.2) is 0 Å². The van der Waals surface area contributed by atoms with Crippen LogP contribution in [0.5, 0.6) is 0 Å². The van der Waals surface area contributed by atoms with Crippen LogP contribution in [0.15, 0.2) is 273 Å². The van der Waals surface area contributed by atoms with Gasteiger partial charge < -0.3 is 4.90 Å². The van der Waals surface area contributed by atoms with Crippen molar-refractivity contribution < 1.29 is 0 Å². The van der Waals surface area contributed by atoms with Crippen molar-refractivity contribution in [2.75, 3.05) is 4.90 Å². The van der Waals surface area contributed by atoms with Crippen molar-refractivity contribution in [2.24, 2.45) is 0 Å². The number of benzene rings is 11. The number of anilines is 3. The first-order valence-electron chi connectivity index (χ1n) is 24.8. The highest BCUT2D eigenvalue weighted by atomic mass is 15.1. The summed E-state index contributed by atoms with van der Waals surface area (Å²) in [7, 11) is 0. The Bertz CT molecular complexity index is 3700. The van der Waals surface area contributed by atoms with Crippen molar-refractivity contribution in [3.05, 3.63) is 306 Å². The topological polar surface area (TPSA) is 3.24 Å². The maximum atomic E-state index is 2.52. The molecule has 0 N–H and O–H groups in total. The van der Waals surface area contributed by atoms with Crippen LogP contribution >= 0.6 is 0 Å². The Hall–Kier alpha value is -8.78. The minimum Gasteiger partial charge on any atom is -0.310 e. The molecule has 13 rings (SSSR count). The summed E-state index contributed by atoms with van der Waals surface area (Å²) in [6.07, 6.45) is 0. The van der Waals surface area contributed by atoms with Crippen molar-refractivity contribution in [3.63, 3.8) is 0 Å². The van der Waals surface area contributed by atoms with E-state index < -0.39 is 5.41 Å². The van der Waals surface area contributed by atoms with Crippen molar-refractivity contribution in [1.82, 2.24) is 0 Å². The van der Waals surface area contributed by atoms with Gasteiger partial charge in [-0.15, -0.1) is 0 Å². The SMILES string of the molecule is CC1(C)c2cc(-c3ccc(-c4ccccc4)cc3)ccc2-c2ccc(N(c3ccc4c(c3)C(c3ccccc3)(c3ccccc3)c3ccccc3-4)c3ccccc3-c3ccc(-c4ccccc4)cc3)cc21. The molecule has 2 aliphatic rings. The van der Waals surface area contributed by atoms with Gasteiger partial charge in [0, 0.05) is 22.4 Å². The number of rotatable bonds is 9. The Morgan fingerprint density at radius 2 is 0.620 bits per heavy atom. The molecular weight excluding hydrogens is 855 g/mol. The molecule has 11 aromatic carbocycles. The third-order valence-corrected chi connectivity index (χ3v) is 15.4. The van der Waals surface area contributed by atoms with E-state index >= 15 is 0 Å². The van der Waals surface area contributed by atoms with Gasteiger partial charge >= 0.3 is 0 Å². The van der Waals surface area contributed by atoms with Gasteiger partial charge in [-0.1, -0.05) is 250 Å². The summed E-state index contributed by atoms with van der Waals surface area (Å²) in [5.74, 6) is 0. The number of fused-ring (bicyclic) bond motifs is 6. The molecular formula is C70H51N. The molecule has 0 radical (unpaired) electrons. The largest absolute Gasteiger partial charge is 0.310 e. The summed E-state index contributed by atoms with van der Waals surface area (Å²) in [5.41, 5.74) is 25.1. The van der Waals surface area contributed by atoms with E-state index in [-0.39, 0.29) is 5.41 Å². The van der Waals surface area contributed by atoms with Gasteiger partial charge in [0.25, 0.3) is 0 Å². The van der Waals surface area contributed by atoms with Crippen molar-refractivity contribution in [1.29, 1.82) is 0 Å². The van der Waals surface area contributed by atoms with Crippen LogP contribution in [0.3, 0.4) is 0 Å². The van der Waals surface area contributed by atoms with Gasteiger partial charge in [0.05, 0.1) is 11.1 Å². The molecule has 71 heavy (non-hydrogen) atoms. The lowest BCUT2D eigenvalue weighted by Gasteiger charge is -2.35. The average molecular weight is 906 g/mol. The Labute approximate surface area is 417 Å². The minimum absolute atomic E-state index is 0.255. The number of nitrogens with zero attached hydrogens (tertiary/aromatic N) is 1. The molecule has 1 nitrogen and oxygen atoms in total. The van der Waals surface area contributed by atoms with E-state index in [9.17, 15) is 0 Å². The lowest BCUT2D eigenvalue weighted by molar-refractivity contribution is 0.660. The number of para-hydroxylation sites is 1. The second-order valence-electron chi connectivity index (χ2n) is 19.6. The van der Waals surface area contributed by atoms with Gasteiger partial charge in [-0.25, -0.2) is 0 Å². The predicted molar refractivity (Wildman–Crippen MR) is 298 cm³/mol. The van der Waals surface area contributed by atoms with Crippen LogP contribution in [0.4, 0.5) is 17.1 Å². The molecule has 0 fully saturated rings. The third-order valence-electron chi connectivity index (χ3n) is 15.4. The molecule has 0 saturated heterocycles. The Kier molecular flexibility index (Phi) is 10.1. The van der Waals surface area contributed by atoms with Gasteiger partial charge in [0.2, 0.25) is 0 Å². The standard InChI is InChI=1S/C70H51N/c1-69(2)65-45-54(52-33-31-50(32-34-52)48-19-7-3-8-20-48)39-42-61(65)62-43-40-57(46-66(62)69)71(68-30-18-16-27-59(68)53-37-35-51(36-38-53)49-21-9-4-10-22-49)58-41-44-63-60-28-15-17-29-64(60)70(67(63)47-58,55-23-11-5-12-24-55)56-25-13-6-14-26-56/h3-47H,1-2H3. The Balaban J connectivity index is 0.982. The van der Waals surface area contributed by atoms with Gasteiger partial charge in [0.1, 0.15) is 0 Å². The Morgan fingerprint density at radius 1 is 0.254 bits per heavy atom. The summed E-state index contributed by atoms with van der Waals surface area (Å²) in [6.45, 7) is 4.80. The van der Waals surface area contributed by atoms with E-state index in [0.717, 1.165) is 17.1 Å². The molecule has 0 aliphatic heterocycles. The normalized spacial score (nSPS) is 13.4. The fourth-order valence-corrected chi connectivity index (χ4v) is 11.9. The zero-order chi connectivity index (χ0) is 47.5. The van der Waals surface area contributed by atoms with Gasteiger partial charge in [-0.2, -0.15) is 0 Å². The molecule has 0 unspecified atom stereocenters. The molecule has 0 bridgehead atoms. The molecule has 2 aliphatic carbocycles. The lowest BCUT2D eigenvalue weighted by atomic mass is 9.67. The first-order chi connectivity index (χ1) is 35.0. The minimum atomic E-state index is -0.538. The second kappa shape index (κ2) is 17.0. The predicted octanol–water partition coefficient (Wildman–Crippen LogP) is 18.5. The van der Waals surface area contributed by atoms with E-state index in [1.807, 2.05) is 0 Å². The Morgan fingerprint density at radius 3 is 1.18 bits per heavy atom. The smallest absolute Gasteiger partial charge is 0.0714 e. The van der Waals surface area contributed by atoms with E-state index in [1.54, 1.807) is 0 Å². The third kappa shape index (κ3) is 6.91. The number of hydrogen-bond acceptors (Lipinski definition) is 1. The highest BCUT2D eigenvalue weighted by Gasteiger charge is 2.46. The van der Waals surface area contributed by atoms with Crippen molar-refractivity contribution in [3.8, 4) is 66.8 Å². The first kappa shape index (κ1) is 42.3. The molecule has 1 heteroatoms. The fraction of sp³-hybridized carbons (Fsp3) is 0.0571. The van der Waals surface area contributed by atoms with E-state index in [0.29, 0.717) is 0 Å². The maximum Gasteiger partial charge on any atom is 0.0714 e. The van der Waals surface area contributed by atoms with Crippen LogP contribution in [0, 0.1) is 0 Å². The van der Waals surface area contributed by atoms with Gasteiger partial charge in [0.15, 0.2) is 0 Å². The van der Waals surface area contributed by atoms with Crippen LogP contribution in [0.1, 0.15) is 47.2 Å². The van der Waals surface area contributed by atoms with Crippen LogP contribution < -0.4 is 4.90 Å². The molecule has 0 heterocycles. The molecule has 0 saturated carbocycles. The van der Waals surface area contributed by atoms with E-state index in [4.69, 9.17) is 0 Å². The molecule has 0 atom stereocenters. The summed E-state index contributed by atoms with van der Waals surface area (Å²) in [5, 5.41) is 0. The first-order valence-corrected chi connectivity index (χ1v) is 24.8. The van der Waals surface area contributed by atoms with E-state index in [1.165, 1.54) is 100 Å². The van der Waals surface area contributed by atoms with Gasteiger partial charge in [-0.3, -0.25) is 0 Å². The average Bonchev–Trinajstić information content (AvgIpc) is 3.86. The highest BCUT2D eigenvalue weighted by molar-refractivity contribution is 5.94. The summed E-state index contributed by atoms with van der Waals surface area (Å²) in [4.78, 5) is 2.52. The molecule has 0 aromatic heterocycles. The zero-order valence-electron chi connectivity index (χ0n) is 39.9. The van der Waals surface area contributed by atoms with Crippen LogP contribution in [0.25, 0.3) is 66.8 Å². The number of hydrogen-bond donors (Lipinski definition) is 0. The molecule has 0 spiro atoms. The maximum absolute atomic E-state index is 2.52. The van der Waals surface area contributed by atoms with Crippen LogP contribution in [0.2, 0.25) is 0 Å². The quantitative estimate of drug-likeness (QED) is 0.139. The fourth-order valence-electron chi connectivity index (χ4n) is 11.9. The highest BCUT2D eigenvalue weighted by Crippen LogP contribution is 2.58. The summed E-state index contributed by atoms with van der Waals surface area (Å²) >= 11 is 0. The van der Waals surface area contributed by atoms with Crippen molar-refractivity contribution in [2.45, 2.75) is 24.7 Å². The summed E-state index contributed by atoms with van der Waals surface area (Å²) in [6, 6.07) is 101. The van der Waals surface area contributed by atoms with E-state index in [2.05, 4.69) is 292 Å². The second-order valence-corrected chi connectivity index (χ2v) is 19.6. The van der Waals surface area contributed by atoms with Crippen molar-refractivity contribution >= 4 is 17.1 Å². The van der Waals surface area contributed by atoms with Gasteiger partial charge in [-0.05, 0) is 131 Å². The summed E-state index contributed by atoms with van der Waals surface area (Å²) < 4.78 is 0. The molecule has 0 amide bonds. The lowest BCUT2D eigenvalue weighted by Crippen LogP contribution is -2.28. The molecule has 11 aromatic rings. The zero-order valence-corrected chi connectivity index (χ0v) is 39.9. The van der Waals surface area contributed by atoms with Crippen LogP contribution in [-0.2, 0) is 10.8 Å². The monoisotopic (exact) mass is 905 g/mol.